The van der Waals surface area contributed by atoms with Crippen molar-refractivity contribution in [1.82, 2.24) is 0 Å². The number of hydrogen-bond acceptors (Lipinski definition) is 5. The van der Waals surface area contributed by atoms with Crippen LogP contribution in [0.4, 0.5) is 13.2 Å². The van der Waals surface area contributed by atoms with Crippen LogP contribution in [0.2, 0.25) is 0 Å². The van der Waals surface area contributed by atoms with Gasteiger partial charge < -0.3 is 19.7 Å². The summed E-state index contributed by atoms with van der Waals surface area (Å²) in [4.78, 5) is 11.6. The number of allylic oxidation sites excluding steroid dienone is 1. The number of rotatable bonds is 1. The Morgan fingerprint density at radius 1 is 1.37 bits per heavy atom. The normalized spacial score (nSPS) is 31.7. The molecule has 1 aliphatic heterocycles. The quantitative estimate of drug-likeness (QED) is 0.435. The minimum atomic E-state index is -4.70. The van der Waals surface area contributed by atoms with Gasteiger partial charge in [0.15, 0.2) is 6.29 Å². The molecule has 2 aliphatic rings. The highest BCUT2D eigenvalue weighted by Crippen LogP contribution is 2.62. The van der Waals surface area contributed by atoms with Gasteiger partial charge in [-0.15, -0.1) is 0 Å². The molecule has 0 amide bonds. The molecular weight excluding hydrogens is 269 g/mol. The molecule has 2 N–H and O–H groups in total. The molecule has 1 saturated carbocycles. The maximum absolute atomic E-state index is 12.8. The minimum Gasteiger partial charge on any atom is -0.511 e. The zero-order chi connectivity index (χ0) is 14.6. The smallest absolute Gasteiger partial charge is 0.401 e. The summed E-state index contributed by atoms with van der Waals surface area (Å²) in [5.74, 6) is -3.89. The standard InChI is InChI=1S/C11H13F3O5/c1-9(2)18-7(16)5(8(17)19-9)6(15)10(3-4-10)11(12,13)14/h7,15-16H,3-4H2,1-2H3/b6-5-. The second-order valence-electron chi connectivity index (χ2n) is 5.10. The third-order valence-corrected chi connectivity index (χ3v) is 3.20. The number of carbonyl (C=O) groups is 1. The van der Waals surface area contributed by atoms with E-state index in [1.807, 2.05) is 0 Å². The first-order valence-electron chi connectivity index (χ1n) is 5.60. The first-order chi connectivity index (χ1) is 8.50. The minimum absolute atomic E-state index is 0.338. The topological polar surface area (TPSA) is 76.0 Å². The van der Waals surface area contributed by atoms with Crippen molar-refractivity contribution in [2.24, 2.45) is 5.41 Å². The fourth-order valence-electron chi connectivity index (χ4n) is 1.98. The molecule has 1 saturated heterocycles. The molecule has 0 aromatic carbocycles. The van der Waals surface area contributed by atoms with Crippen LogP contribution in [-0.4, -0.2) is 34.4 Å². The van der Waals surface area contributed by atoms with E-state index in [1.165, 1.54) is 13.8 Å². The van der Waals surface area contributed by atoms with Crippen molar-refractivity contribution >= 4 is 5.97 Å². The van der Waals surface area contributed by atoms with Crippen LogP contribution in [-0.2, 0) is 14.3 Å². The molecule has 19 heavy (non-hydrogen) atoms. The van der Waals surface area contributed by atoms with Crippen LogP contribution in [0.15, 0.2) is 11.3 Å². The Labute approximate surface area is 106 Å². The lowest BCUT2D eigenvalue weighted by atomic mass is 9.98. The van der Waals surface area contributed by atoms with E-state index in [0.717, 1.165) is 0 Å². The summed E-state index contributed by atoms with van der Waals surface area (Å²) in [6.45, 7) is 2.64. The predicted octanol–water partition coefficient (Wildman–Crippen LogP) is 1.77. The van der Waals surface area contributed by atoms with Crippen molar-refractivity contribution in [1.29, 1.82) is 0 Å². The summed E-state index contributed by atoms with van der Waals surface area (Å²) >= 11 is 0. The molecule has 8 heteroatoms. The first-order valence-corrected chi connectivity index (χ1v) is 5.60. The third kappa shape index (κ3) is 2.18. The fraction of sp³-hybridized carbons (Fsp3) is 0.727. The Balaban J connectivity index is 2.40. The predicted molar refractivity (Wildman–Crippen MR) is 54.6 cm³/mol. The monoisotopic (exact) mass is 282 g/mol. The van der Waals surface area contributed by atoms with E-state index in [0.29, 0.717) is 0 Å². The van der Waals surface area contributed by atoms with Gasteiger partial charge in [-0.2, -0.15) is 13.2 Å². The molecule has 1 atom stereocenters. The van der Waals surface area contributed by atoms with Crippen LogP contribution in [0, 0.1) is 5.41 Å². The lowest BCUT2D eigenvalue weighted by molar-refractivity contribution is -0.281. The molecule has 0 aromatic heterocycles. The van der Waals surface area contributed by atoms with Gasteiger partial charge in [-0.3, -0.25) is 0 Å². The number of hydrogen-bond donors (Lipinski definition) is 2. The fourth-order valence-corrected chi connectivity index (χ4v) is 1.98. The average Bonchev–Trinajstić information content (AvgIpc) is 2.91. The van der Waals surface area contributed by atoms with Gasteiger partial charge in [0.05, 0.1) is 0 Å². The lowest BCUT2D eigenvalue weighted by Crippen LogP contribution is -2.46. The largest absolute Gasteiger partial charge is 0.511 e. The van der Waals surface area contributed by atoms with Gasteiger partial charge in [-0.1, -0.05) is 0 Å². The van der Waals surface area contributed by atoms with Gasteiger partial charge in [0.2, 0.25) is 5.79 Å². The molecule has 0 aromatic rings. The highest BCUT2D eigenvalue weighted by molar-refractivity contribution is 5.91. The molecule has 108 valence electrons. The van der Waals surface area contributed by atoms with Crippen molar-refractivity contribution in [2.75, 3.05) is 0 Å². The second kappa shape index (κ2) is 3.86. The van der Waals surface area contributed by atoms with Gasteiger partial charge in [0.1, 0.15) is 16.7 Å². The summed E-state index contributed by atoms with van der Waals surface area (Å²) in [6, 6.07) is 0. The van der Waals surface area contributed by atoms with E-state index in [2.05, 4.69) is 0 Å². The molecule has 2 rings (SSSR count). The van der Waals surface area contributed by atoms with E-state index in [9.17, 15) is 28.2 Å². The van der Waals surface area contributed by atoms with E-state index in [4.69, 9.17) is 9.47 Å². The van der Waals surface area contributed by atoms with Crippen molar-refractivity contribution in [3.8, 4) is 0 Å². The van der Waals surface area contributed by atoms with Crippen LogP contribution in [0.25, 0.3) is 0 Å². The van der Waals surface area contributed by atoms with E-state index in [-0.39, 0.29) is 12.8 Å². The molecule has 0 radical (unpaired) electrons. The number of aliphatic hydroxyl groups is 2. The van der Waals surface area contributed by atoms with Gasteiger partial charge in [-0.25, -0.2) is 4.79 Å². The zero-order valence-electron chi connectivity index (χ0n) is 10.2. The maximum Gasteiger partial charge on any atom is 0.401 e. The van der Waals surface area contributed by atoms with Crippen molar-refractivity contribution in [3.63, 3.8) is 0 Å². The Hall–Kier alpha value is -1.28. The average molecular weight is 282 g/mol. The highest BCUT2D eigenvalue weighted by Gasteiger charge is 2.68. The van der Waals surface area contributed by atoms with E-state index in [1.54, 1.807) is 0 Å². The number of esters is 1. The first kappa shape index (κ1) is 14.1. The van der Waals surface area contributed by atoms with Crippen molar-refractivity contribution < 1.29 is 37.7 Å². The van der Waals surface area contributed by atoms with Crippen LogP contribution < -0.4 is 0 Å². The molecule has 5 nitrogen and oxygen atoms in total. The number of ether oxygens (including phenoxy) is 2. The SMILES string of the molecule is CC1(C)OC(=O)/C(=C(\O)C2(C(F)(F)F)CC2)C(O)O1. The summed E-state index contributed by atoms with van der Waals surface area (Å²) < 4.78 is 48.1. The molecular formula is C11H13F3O5. The second-order valence-corrected chi connectivity index (χ2v) is 5.10. The van der Waals surface area contributed by atoms with E-state index >= 15 is 0 Å². The zero-order valence-corrected chi connectivity index (χ0v) is 10.2. The lowest BCUT2D eigenvalue weighted by Gasteiger charge is -2.35. The molecule has 1 unspecified atom stereocenters. The molecule has 0 spiro atoms. The maximum atomic E-state index is 12.8. The van der Waals surface area contributed by atoms with Gasteiger partial charge in [0, 0.05) is 13.8 Å². The van der Waals surface area contributed by atoms with Gasteiger partial charge in [0.25, 0.3) is 0 Å². The van der Waals surface area contributed by atoms with Crippen LogP contribution >= 0.6 is 0 Å². The summed E-state index contributed by atoms with van der Waals surface area (Å²) in [7, 11) is 0. The number of aliphatic hydroxyl groups excluding tert-OH is 2. The van der Waals surface area contributed by atoms with Crippen molar-refractivity contribution in [2.45, 2.75) is 44.9 Å². The Kier molecular flexibility index (Phi) is 2.87. The molecule has 0 bridgehead atoms. The molecule has 1 aliphatic carbocycles. The summed E-state index contributed by atoms with van der Waals surface area (Å²) in [5.41, 5.74) is -3.35. The molecule has 1 heterocycles. The Morgan fingerprint density at radius 2 is 1.89 bits per heavy atom. The Morgan fingerprint density at radius 3 is 2.26 bits per heavy atom. The highest BCUT2D eigenvalue weighted by atomic mass is 19.4. The number of halogens is 3. The molecule has 2 fully saturated rings. The van der Waals surface area contributed by atoms with Gasteiger partial charge >= 0.3 is 12.1 Å². The van der Waals surface area contributed by atoms with Crippen LogP contribution in [0.1, 0.15) is 26.7 Å². The van der Waals surface area contributed by atoms with Crippen molar-refractivity contribution in [3.05, 3.63) is 11.3 Å². The summed E-state index contributed by atoms with van der Waals surface area (Å²) in [5, 5.41) is 19.3. The number of carbonyl (C=O) groups excluding carboxylic acids is 1. The van der Waals surface area contributed by atoms with Crippen LogP contribution in [0.3, 0.4) is 0 Å². The number of alkyl halides is 3. The van der Waals surface area contributed by atoms with Gasteiger partial charge in [-0.05, 0) is 12.8 Å². The Bertz CT molecular complexity index is 448. The third-order valence-electron chi connectivity index (χ3n) is 3.20. The van der Waals surface area contributed by atoms with Crippen LogP contribution in [0.5, 0.6) is 0 Å². The number of cyclic esters (lactones) is 1. The summed E-state index contributed by atoms with van der Waals surface area (Å²) in [6.07, 6.45) is -7.32. The van der Waals surface area contributed by atoms with E-state index < -0.39 is 41.0 Å².